The standard InChI is InChI=1S/C24H31N3O3S/c1-2-25-18-19-27(23-9-5-4-8-22(23)25)24(28)15-12-20-10-13-21(14-11-20)31(29,30)26-16-6-3-7-17-26/h4-5,8-11,13-14H,2-3,6-7,12,15-19H2,1H3. The summed E-state index contributed by atoms with van der Waals surface area (Å²) in [5, 5.41) is 0. The molecule has 2 aromatic carbocycles. The van der Waals surface area contributed by atoms with Crippen LogP contribution >= 0.6 is 0 Å². The third kappa shape index (κ3) is 4.62. The molecule has 2 aliphatic heterocycles. The Balaban J connectivity index is 1.40. The highest BCUT2D eigenvalue weighted by molar-refractivity contribution is 7.89. The summed E-state index contributed by atoms with van der Waals surface area (Å²) in [6.45, 7) is 5.78. The molecule has 0 bridgehead atoms. The number of piperidine rings is 1. The van der Waals surface area contributed by atoms with Crippen molar-refractivity contribution in [2.75, 3.05) is 42.5 Å². The lowest BCUT2D eigenvalue weighted by molar-refractivity contribution is -0.118. The van der Waals surface area contributed by atoms with Gasteiger partial charge in [-0.2, -0.15) is 4.31 Å². The van der Waals surface area contributed by atoms with Gasteiger partial charge in [0.15, 0.2) is 0 Å². The summed E-state index contributed by atoms with van der Waals surface area (Å²) in [4.78, 5) is 17.5. The van der Waals surface area contributed by atoms with E-state index >= 15 is 0 Å². The first kappa shape index (κ1) is 21.8. The highest BCUT2D eigenvalue weighted by atomic mass is 32.2. The summed E-state index contributed by atoms with van der Waals surface area (Å²) in [5.74, 6) is 0.105. The third-order valence-corrected chi connectivity index (χ3v) is 8.21. The molecular formula is C24H31N3O3S. The van der Waals surface area contributed by atoms with Gasteiger partial charge in [-0.15, -0.1) is 0 Å². The predicted octanol–water partition coefficient (Wildman–Crippen LogP) is 3.67. The van der Waals surface area contributed by atoms with Crippen molar-refractivity contribution in [2.45, 2.75) is 43.9 Å². The summed E-state index contributed by atoms with van der Waals surface area (Å²) in [6.07, 6.45) is 3.94. The van der Waals surface area contributed by atoms with Crippen LogP contribution in [-0.2, 0) is 21.2 Å². The number of fused-ring (bicyclic) bond motifs is 1. The van der Waals surface area contributed by atoms with Gasteiger partial charge in [0.2, 0.25) is 15.9 Å². The molecule has 2 heterocycles. The number of para-hydroxylation sites is 2. The second-order valence-electron chi connectivity index (χ2n) is 8.22. The molecule has 0 aromatic heterocycles. The van der Waals surface area contributed by atoms with Crippen LogP contribution in [0.15, 0.2) is 53.4 Å². The first-order chi connectivity index (χ1) is 15.0. The first-order valence-electron chi connectivity index (χ1n) is 11.2. The van der Waals surface area contributed by atoms with Gasteiger partial charge in [-0.1, -0.05) is 30.7 Å². The summed E-state index contributed by atoms with van der Waals surface area (Å²) in [7, 11) is -3.41. The molecule has 0 spiro atoms. The van der Waals surface area contributed by atoms with Crippen LogP contribution in [0.4, 0.5) is 11.4 Å². The lowest BCUT2D eigenvalue weighted by atomic mass is 10.1. The van der Waals surface area contributed by atoms with E-state index in [9.17, 15) is 13.2 Å². The van der Waals surface area contributed by atoms with E-state index in [1.807, 2.05) is 35.2 Å². The minimum Gasteiger partial charge on any atom is -0.368 e. The second-order valence-corrected chi connectivity index (χ2v) is 10.2. The molecule has 166 valence electrons. The Hall–Kier alpha value is -2.38. The molecule has 1 amide bonds. The van der Waals surface area contributed by atoms with Crippen LogP contribution in [0.25, 0.3) is 0 Å². The van der Waals surface area contributed by atoms with Gasteiger partial charge in [-0.3, -0.25) is 4.79 Å². The maximum atomic E-state index is 13.0. The largest absolute Gasteiger partial charge is 0.368 e. The lowest BCUT2D eigenvalue weighted by Gasteiger charge is -2.37. The monoisotopic (exact) mass is 441 g/mol. The number of benzene rings is 2. The van der Waals surface area contributed by atoms with Crippen LogP contribution in [0.2, 0.25) is 0 Å². The molecule has 1 fully saturated rings. The van der Waals surface area contributed by atoms with E-state index in [0.29, 0.717) is 37.4 Å². The fraction of sp³-hybridized carbons (Fsp3) is 0.458. The van der Waals surface area contributed by atoms with Crippen molar-refractivity contribution in [1.82, 2.24) is 4.31 Å². The maximum absolute atomic E-state index is 13.0. The van der Waals surface area contributed by atoms with Crippen molar-refractivity contribution < 1.29 is 13.2 Å². The van der Waals surface area contributed by atoms with E-state index < -0.39 is 10.0 Å². The van der Waals surface area contributed by atoms with Gasteiger partial charge in [0.25, 0.3) is 0 Å². The quantitative estimate of drug-likeness (QED) is 0.686. The number of rotatable bonds is 6. The molecular weight excluding hydrogens is 410 g/mol. The number of hydrogen-bond donors (Lipinski definition) is 0. The van der Waals surface area contributed by atoms with Gasteiger partial charge in [0.05, 0.1) is 16.3 Å². The first-order valence-corrected chi connectivity index (χ1v) is 12.7. The zero-order valence-corrected chi connectivity index (χ0v) is 19.0. The van der Waals surface area contributed by atoms with Crippen molar-refractivity contribution in [3.8, 4) is 0 Å². The number of nitrogens with zero attached hydrogens (tertiary/aromatic N) is 3. The van der Waals surface area contributed by atoms with E-state index in [-0.39, 0.29) is 5.91 Å². The molecule has 4 rings (SSSR count). The van der Waals surface area contributed by atoms with Crippen molar-refractivity contribution in [1.29, 1.82) is 0 Å². The zero-order valence-electron chi connectivity index (χ0n) is 18.2. The Morgan fingerprint density at radius 2 is 1.55 bits per heavy atom. The zero-order chi connectivity index (χ0) is 21.8. The predicted molar refractivity (Wildman–Crippen MR) is 124 cm³/mol. The van der Waals surface area contributed by atoms with Crippen LogP contribution in [-0.4, -0.2) is 51.4 Å². The summed E-state index contributed by atoms with van der Waals surface area (Å²) in [5.41, 5.74) is 3.06. The van der Waals surface area contributed by atoms with Crippen molar-refractivity contribution >= 4 is 27.3 Å². The summed E-state index contributed by atoms with van der Waals surface area (Å²) < 4.78 is 27.2. The minimum atomic E-state index is -3.41. The topological polar surface area (TPSA) is 60.9 Å². The van der Waals surface area contributed by atoms with Crippen LogP contribution in [0, 0.1) is 0 Å². The van der Waals surface area contributed by atoms with Crippen molar-refractivity contribution in [3.63, 3.8) is 0 Å². The number of likely N-dealkylation sites (N-methyl/N-ethyl adjacent to an activating group) is 1. The van der Waals surface area contributed by atoms with Gasteiger partial charge in [0, 0.05) is 39.1 Å². The highest BCUT2D eigenvalue weighted by Crippen LogP contribution is 2.33. The van der Waals surface area contributed by atoms with Gasteiger partial charge >= 0.3 is 0 Å². The Morgan fingerprint density at radius 1 is 0.871 bits per heavy atom. The van der Waals surface area contributed by atoms with Gasteiger partial charge in [-0.05, 0) is 56.0 Å². The number of carbonyl (C=O) groups excluding carboxylic acids is 1. The van der Waals surface area contributed by atoms with Crippen LogP contribution < -0.4 is 9.80 Å². The maximum Gasteiger partial charge on any atom is 0.243 e. The molecule has 0 N–H and O–H groups in total. The molecule has 0 radical (unpaired) electrons. The number of anilines is 2. The SMILES string of the molecule is CCN1CCN(C(=O)CCc2ccc(S(=O)(=O)N3CCCCC3)cc2)c2ccccc21. The molecule has 1 saturated heterocycles. The Morgan fingerprint density at radius 3 is 2.23 bits per heavy atom. The fourth-order valence-corrected chi connectivity index (χ4v) is 5.99. The summed E-state index contributed by atoms with van der Waals surface area (Å²) >= 11 is 0. The van der Waals surface area contributed by atoms with Gasteiger partial charge in [-0.25, -0.2) is 8.42 Å². The molecule has 0 atom stereocenters. The van der Waals surface area contributed by atoms with Crippen LogP contribution in [0.5, 0.6) is 0 Å². The highest BCUT2D eigenvalue weighted by Gasteiger charge is 2.27. The number of amides is 1. The average molecular weight is 442 g/mol. The molecule has 7 heteroatoms. The molecule has 0 saturated carbocycles. The Bertz CT molecular complexity index is 1010. The molecule has 2 aromatic rings. The third-order valence-electron chi connectivity index (χ3n) is 6.29. The van der Waals surface area contributed by atoms with Gasteiger partial charge in [0.1, 0.15) is 0 Å². The van der Waals surface area contributed by atoms with Crippen LogP contribution in [0.1, 0.15) is 38.2 Å². The molecule has 2 aliphatic rings. The van der Waals surface area contributed by atoms with E-state index in [4.69, 9.17) is 0 Å². The van der Waals surface area contributed by atoms with E-state index in [1.54, 1.807) is 16.4 Å². The number of aryl methyl sites for hydroxylation is 1. The normalized spacial score (nSPS) is 17.5. The van der Waals surface area contributed by atoms with Gasteiger partial charge < -0.3 is 9.80 Å². The number of sulfonamides is 1. The van der Waals surface area contributed by atoms with E-state index in [0.717, 1.165) is 49.3 Å². The second kappa shape index (κ2) is 9.40. The molecule has 31 heavy (non-hydrogen) atoms. The Labute approximate surface area is 185 Å². The molecule has 6 nitrogen and oxygen atoms in total. The smallest absolute Gasteiger partial charge is 0.243 e. The van der Waals surface area contributed by atoms with Crippen LogP contribution in [0.3, 0.4) is 0 Å². The Kier molecular flexibility index (Phi) is 6.62. The average Bonchev–Trinajstić information content (AvgIpc) is 2.82. The summed E-state index contributed by atoms with van der Waals surface area (Å²) in [6, 6.07) is 15.1. The number of hydrogen-bond acceptors (Lipinski definition) is 4. The van der Waals surface area contributed by atoms with E-state index in [1.165, 1.54) is 0 Å². The lowest BCUT2D eigenvalue weighted by Crippen LogP contribution is -2.44. The number of carbonyl (C=O) groups is 1. The minimum absolute atomic E-state index is 0.105. The van der Waals surface area contributed by atoms with Crippen molar-refractivity contribution in [2.24, 2.45) is 0 Å². The van der Waals surface area contributed by atoms with Crippen molar-refractivity contribution in [3.05, 3.63) is 54.1 Å². The molecule has 0 aliphatic carbocycles. The van der Waals surface area contributed by atoms with E-state index in [2.05, 4.69) is 17.9 Å². The molecule has 0 unspecified atom stereocenters. The fourth-order valence-electron chi connectivity index (χ4n) is 4.48.